The first-order valence-electron chi connectivity index (χ1n) is 10.7. The van der Waals surface area contributed by atoms with Crippen LogP contribution in [0.15, 0.2) is 41.8 Å². The summed E-state index contributed by atoms with van der Waals surface area (Å²) in [6.45, 7) is 5.01. The number of allylic oxidation sites excluding steroid dienone is 2. The van der Waals surface area contributed by atoms with Crippen molar-refractivity contribution in [3.05, 3.63) is 63.4 Å². The zero-order chi connectivity index (χ0) is 19.6. The second-order valence-corrected chi connectivity index (χ2v) is 9.36. The highest BCUT2D eigenvalue weighted by atomic mass is 32.1. The van der Waals surface area contributed by atoms with Gasteiger partial charge in [0, 0.05) is 42.5 Å². The van der Waals surface area contributed by atoms with Gasteiger partial charge in [-0.1, -0.05) is 18.2 Å². The molecule has 0 N–H and O–H groups in total. The van der Waals surface area contributed by atoms with E-state index in [4.69, 9.17) is 4.74 Å². The normalized spacial score (nSPS) is 21.8. The number of hydrogen-bond acceptors (Lipinski definition) is 4. The molecule has 0 saturated carbocycles. The minimum Gasteiger partial charge on any atom is -0.491 e. The van der Waals surface area contributed by atoms with Crippen LogP contribution in [0.5, 0.6) is 5.75 Å². The first-order valence-corrected chi connectivity index (χ1v) is 11.6. The van der Waals surface area contributed by atoms with Crippen LogP contribution in [0.4, 0.5) is 0 Å². The Morgan fingerprint density at radius 2 is 2.10 bits per heavy atom. The number of carbonyl (C=O) groups excluding carboxylic acids is 1. The molecule has 29 heavy (non-hydrogen) atoms. The Bertz CT molecular complexity index is 919. The molecule has 1 aliphatic carbocycles. The Kier molecular flexibility index (Phi) is 5.42. The lowest BCUT2D eigenvalue weighted by molar-refractivity contribution is -0.136. The van der Waals surface area contributed by atoms with Gasteiger partial charge in [0.2, 0.25) is 5.91 Å². The van der Waals surface area contributed by atoms with Gasteiger partial charge in [-0.2, -0.15) is 0 Å². The molecule has 2 aromatic rings. The molecule has 0 fully saturated rings. The van der Waals surface area contributed by atoms with Gasteiger partial charge < -0.3 is 9.64 Å². The van der Waals surface area contributed by atoms with Crippen molar-refractivity contribution in [3.8, 4) is 5.75 Å². The van der Waals surface area contributed by atoms with E-state index in [2.05, 4.69) is 46.7 Å². The first-order chi connectivity index (χ1) is 14.3. The molecule has 2 aliphatic heterocycles. The van der Waals surface area contributed by atoms with Crippen LogP contribution in [0.25, 0.3) is 0 Å². The number of fused-ring (bicyclic) bond motifs is 2. The number of ether oxygens (including phenoxy) is 1. The number of rotatable bonds is 3. The van der Waals surface area contributed by atoms with Gasteiger partial charge in [-0.25, -0.2) is 0 Å². The second-order valence-electron chi connectivity index (χ2n) is 8.36. The Morgan fingerprint density at radius 1 is 1.14 bits per heavy atom. The van der Waals surface area contributed by atoms with E-state index >= 15 is 0 Å². The van der Waals surface area contributed by atoms with Crippen LogP contribution in [0.2, 0.25) is 0 Å². The average molecular weight is 409 g/mol. The van der Waals surface area contributed by atoms with Gasteiger partial charge in [0.25, 0.3) is 0 Å². The summed E-state index contributed by atoms with van der Waals surface area (Å²) in [6.07, 6.45) is 8.37. The lowest BCUT2D eigenvalue weighted by atomic mass is 9.93. The van der Waals surface area contributed by atoms with Gasteiger partial charge in [-0.05, 0) is 60.4 Å². The molecule has 1 aromatic carbocycles. The van der Waals surface area contributed by atoms with Crippen molar-refractivity contribution in [1.29, 1.82) is 0 Å². The summed E-state index contributed by atoms with van der Waals surface area (Å²) < 4.78 is 5.98. The van der Waals surface area contributed by atoms with Crippen molar-refractivity contribution in [1.82, 2.24) is 9.80 Å². The fraction of sp³-hybridized carbons (Fsp3) is 0.458. The van der Waals surface area contributed by atoms with Crippen molar-refractivity contribution in [2.75, 3.05) is 19.7 Å². The van der Waals surface area contributed by atoms with Crippen LogP contribution in [0.1, 0.15) is 40.8 Å². The Balaban J connectivity index is 1.29. The highest BCUT2D eigenvalue weighted by molar-refractivity contribution is 7.10. The van der Waals surface area contributed by atoms with E-state index in [0.29, 0.717) is 19.7 Å². The van der Waals surface area contributed by atoms with Crippen LogP contribution in [-0.2, 0) is 30.8 Å². The fourth-order valence-corrected chi connectivity index (χ4v) is 5.60. The lowest BCUT2D eigenvalue weighted by Crippen LogP contribution is -2.37. The molecule has 3 heterocycles. The summed E-state index contributed by atoms with van der Waals surface area (Å²) in [6, 6.07) is 8.80. The van der Waals surface area contributed by atoms with Crippen molar-refractivity contribution in [2.45, 2.75) is 45.3 Å². The molecule has 0 bridgehead atoms. The zero-order valence-corrected chi connectivity index (χ0v) is 17.6. The Morgan fingerprint density at radius 3 is 3.00 bits per heavy atom. The maximum Gasteiger partial charge on any atom is 0.226 e. The quantitative estimate of drug-likeness (QED) is 0.707. The summed E-state index contributed by atoms with van der Waals surface area (Å²) >= 11 is 1.88. The molecule has 1 atom stereocenters. The maximum absolute atomic E-state index is 13.0. The lowest BCUT2D eigenvalue weighted by Gasteiger charge is -2.27. The monoisotopic (exact) mass is 408 g/mol. The summed E-state index contributed by atoms with van der Waals surface area (Å²) in [4.78, 5) is 19.1. The zero-order valence-electron chi connectivity index (χ0n) is 16.8. The second kappa shape index (κ2) is 8.33. The van der Waals surface area contributed by atoms with E-state index in [1.54, 1.807) is 4.88 Å². The van der Waals surface area contributed by atoms with Crippen LogP contribution < -0.4 is 4.74 Å². The van der Waals surface area contributed by atoms with Gasteiger partial charge in [-0.15, -0.1) is 11.3 Å². The van der Waals surface area contributed by atoms with Crippen molar-refractivity contribution >= 4 is 17.2 Å². The average Bonchev–Trinajstić information content (AvgIpc) is 3.12. The van der Waals surface area contributed by atoms with Crippen LogP contribution >= 0.6 is 11.3 Å². The third kappa shape index (κ3) is 4.12. The molecule has 0 saturated heterocycles. The molecule has 152 valence electrons. The van der Waals surface area contributed by atoms with Crippen molar-refractivity contribution < 1.29 is 9.53 Å². The molecular formula is C24H28N2O2S. The van der Waals surface area contributed by atoms with E-state index in [1.807, 2.05) is 16.2 Å². The summed E-state index contributed by atoms with van der Waals surface area (Å²) in [5.74, 6) is 1.36. The number of nitrogens with zero attached hydrogens (tertiary/aromatic N) is 2. The molecule has 5 heteroatoms. The Labute approximate surface area is 176 Å². The van der Waals surface area contributed by atoms with Gasteiger partial charge in [0.1, 0.15) is 12.4 Å². The number of hydrogen-bond donors (Lipinski definition) is 0. The Hall–Kier alpha value is -2.11. The fourth-order valence-electron chi connectivity index (χ4n) is 4.71. The summed E-state index contributed by atoms with van der Waals surface area (Å²) in [7, 11) is 0. The van der Waals surface area contributed by atoms with Gasteiger partial charge in [-0.3, -0.25) is 9.69 Å². The number of benzene rings is 1. The number of thiophene rings is 1. The molecule has 1 amide bonds. The smallest absolute Gasteiger partial charge is 0.226 e. The minimum absolute atomic E-state index is 0.137. The highest BCUT2D eigenvalue weighted by Crippen LogP contribution is 2.29. The summed E-state index contributed by atoms with van der Waals surface area (Å²) in [5.41, 5.74) is 3.94. The summed E-state index contributed by atoms with van der Waals surface area (Å²) in [5, 5.41) is 2.21. The molecular weight excluding hydrogens is 380 g/mol. The molecule has 0 unspecified atom stereocenters. The van der Waals surface area contributed by atoms with E-state index in [-0.39, 0.29) is 11.8 Å². The largest absolute Gasteiger partial charge is 0.491 e. The number of carbonyl (C=O) groups is 1. The standard InChI is InChI=1S/C24H28N2O2S/c27-24(19-4-2-1-3-5-19)26-11-12-28-22-7-6-18(14-21(22)17-26)15-25-10-8-23-20(16-25)9-13-29-23/h1-2,6-7,9,13-14,19H,3-5,8,10-12,15-17H2/t19-/m0/s1. The predicted molar refractivity (Wildman–Crippen MR) is 116 cm³/mol. The van der Waals surface area contributed by atoms with E-state index < -0.39 is 0 Å². The third-order valence-corrected chi connectivity index (χ3v) is 7.35. The third-order valence-electron chi connectivity index (χ3n) is 6.33. The number of amides is 1. The minimum atomic E-state index is 0.137. The van der Waals surface area contributed by atoms with Crippen molar-refractivity contribution in [3.63, 3.8) is 0 Å². The molecule has 1 aromatic heterocycles. The molecule has 0 spiro atoms. The van der Waals surface area contributed by atoms with Crippen LogP contribution in [-0.4, -0.2) is 35.4 Å². The van der Waals surface area contributed by atoms with Crippen LogP contribution in [0, 0.1) is 5.92 Å². The molecule has 0 radical (unpaired) electrons. The topological polar surface area (TPSA) is 32.8 Å². The van der Waals surface area contributed by atoms with Crippen molar-refractivity contribution in [2.24, 2.45) is 5.92 Å². The molecule has 5 rings (SSSR count). The van der Waals surface area contributed by atoms with E-state index in [1.165, 1.54) is 11.1 Å². The molecule has 4 nitrogen and oxygen atoms in total. The van der Waals surface area contributed by atoms with Gasteiger partial charge in [0.05, 0.1) is 6.54 Å². The van der Waals surface area contributed by atoms with E-state index in [9.17, 15) is 4.79 Å². The SMILES string of the molecule is O=C([C@H]1CC=CCC1)N1CCOc2ccc(CN3CCc4sccc4C3)cc2C1. The van der Waals surface area contributed by atoms with Gasteiger partial charge in [0.15, 0.2) is 0 Å². The maximum atomic E-state index is 13.0. The van der Waals surface area contributed by atoms with Crippen LogP contribution in [0.3, 0.4) is 0 Å². The molecule has 3 aliphatic rings. The highest BCUT2D eigenvalue weighted by Gasteiger charge is 2.27. The predicted octanol–water partition coefficient (Wildman–Crippen LogP) is 4.38. The van der Waals surface area contributed by atoms with Gasteiger partial charge >= 0.3 is 0 Å². The van der Waals surface area contributed by atoms with E-state index in [0.717, 1.165) is 56.6 Å². The first kappa shape index (κ1) is 18.9.